The van der Waals surface area contributed by atoms with Crippen LogP contribution in [-0.4, -0.2) is 42.3 Å². The number of piperidine rings is 1. The van der Waals surface area contributed by atoms with Crippen LogP contribution in [0.1, 0.15) is 58.4 Å². The van der Waals surface area contributed by atoms with Crippen molar-refractivity contribution in [1.82, 2.24) is 4.90 Å². The van der Waals surface area contributed by atoms with Gasteiger partial charge in [-0.1, -0.05) is 63.2 Å². The molecule has 0 spiro atoms. The Morgan fingerprint density at radius 2 is 1.69 bits per heavy atom. The van der Waals surface area contributed by atoms with Crippen molar-refractivity contribution in [3.8, 4) is 0 Å². The van der Waals surface area contributed by atoms with E-state index in [0.29, 0.717) is 18.9 Å². The highest BCUT2D eigenvalue weighted by molar-refractivity contribution is 6.01. The number of carbonyl (C=O) groups is 2. The number of rotatable bonds is 5. The topological polar surface area (TPSA) is 52.7 Å². The second-order valence-corrected chi connectivity index (χ2v) is 11.5. The van der Waals surface area contributed by atoms with Gasteiger partial charge in [-0.05, 0) is 61.1 Å². The maximum absolute atomic E-state index is 13.6. The quantitative estimate of drug-likeness (QED) is 0.580. The first-order chi connectivity index (χ1) is 17.3. The molecule has 0 unspecified atom stereocenters. The Balaban J connectivity index is 1.34. The highest BCUT2D eigenvalue weighted by Gasteiger charge is 2.40. The fraction of sp³-hybridized carbons (Fsp3) is 0.484. The minimum absolute atomic E-state index is 0.0643. The summed E-state index contributed by atoms with van der Waals surface area (Å²) < 4.78 is 0. The van der Waals surface area contributed by atoms with Crippen molar-refractivity contribution in [2.24, 2.45) is 11.3 Å². The van der Waals surface area contributed by atoms with Crippen molar-refractivity contribution >= 4 is 23.1 Å². The molecule has 2 aromatic rings. The summed E-state index contributed by atoms with van der Waals surface area (Å²) in [6, 6.07) is 18.8. The molecule has 1 amide bonds. The fourth-order valence-corrected chi connectivity index (χ4v) is 6.35. The predicted molar refractivity (Wildman–Crippen MR) is 146 cm³/mol. The van der Waals surface area contributed by atoms with Crippen LogP contribution in [0.4, 0.5) is 11.4 Å². The molecule has 0 radical (unpaired) electrons. The van der Waals surface area contributed by atoms with Crippen molar-refractivity contribution in [1.29, 1.82) is 0 Å². The van der Waals surface area contributed by atoms with Crippen LogP contribution in [0.2, 0.25) is 0 Å². The normalized spacial score (nSPS) is 22.0. The van der Waals surface area contributed by atoms with Gasteiger partial charge in [-0.25, -0.2) is 0 Å². The van der Waals surface area contributed by atoms with Crippen LogP contribution >= 0.6 is 0 Å². The Morgan fingerprint density at radius 1 is 1.00 bits per heavy atom. The van der Waals surface area contributed by atoms with Crippen LogP contribution in [-0.2, 0) is 16.0 Å². The van der Waals surface area contributed by atoms with E-state index in [1.54, 1.807) is 0 Å². The number of hydrogen-bond donors (Lipinski definition) is 1. The second-order valence-electron chi connectivity index (χ2n) is 11.5. The molecule has 2 aliphatic heterocycles. The van der Waals surface area contributed by atoms with Crippen LogP contribution in [0, 0.1) is 11.3 Å². The Hall–Kier alpha value is -3.08. The number of nitrogens with zero attached hydrogens (tertiary/aromatic N) is 2. The number of allylic oxidation sites excluding steroid dienone is 1. The molecular formula is C31H39N3O2. The van der Waals surface area contributed by atoms with Gasteiger partial charge in [-0.15, -0.1) is 0 Å². The molecule has 5 nitrogen and oxygen atoms in total. The first kappa shape index (κ1) is 24.6. The summed E-state index contributed by atoms with van der Waals surface area (Å²) in [5, 5.41) is 3.62. The van der Waals surface area contributed by atoms with Crippen molar-refractivity contribution in [3.05, 3.63) is 71.4 Å². The summed E-state index contributed by atoms with van der Waals surface area (Å²) in [6.07, 6.45) is 5.35. The Kier molecular flexibility index (Phi) is 6.92. The molecule has 190 valence electrons. The van der Waals surface area contributed by atoms with E-state index in [2.05, 4.69) is 73.5 Å². The SMILES string of the molecule is CC[C@@H]1C2=C(CC(C)(C)CC2=O)Nc2ccccc2N1CC(=O)N1CCC(Cc2ccccc2)CC1. The lowest BCUT2D eigenvalue weighted by Crippen LogP contribution is -2.48. The van der Waals surface area contributed by atoms with Gasteiger partial charge in [0.05, 0.1) is 24.0 Å². The lowest BCUT2D eigenvalue weighted by atomic mass is 9.74. The fourth-order valence-electron chi connectivity index (χ4n) is 6.35. The summed E-state index contributed by atoms with van der Waals surface area (Å²) in [5.41, 5.74) is 5.23. The maximum Gasteiger partial charge on any atom is 0.242 e. The van der Waals surface area contributed by atoms with Crippen LogP contribution < -0.4 is 10.2 Å². The van der Waals surface area contributed by atoms with Gasteiger partial charge < -0.3 is 15.1 Å². The van der Waals surface area contributed by atoms with Gasteiger partial charge in [0.15, 0.2) is 5.78 Å². The lowest BCUT2D eigenvalue weighted by Gasteiger charge is -2.39. The van der Waals surface area contributed by atoms with Crippen LogP contribution in [0.25, 0.3) is 0 Å². The van der Waals surface area contributed by atoms with E-state index in [9.17, 15) is 9.59 Å². The van der Waals surface area contributed by atoms with E-state index in [0.717, 1.165) is 67.8 Å². The molecule has 1 aliphatic carbocycles. The number of nitrogens with one attached hydrogen (secondary N) is 1. The third kappa shape index (κ3) is 5.07. The summed E-state index contributed by atoms with van der Waals surface area (Å²) in [5.74, 6) is 1.00. The zero-order chi connectivity index (χ0) is 25.3. The molecule has 1 atom stereocenters. The molecule has 5 rings (SSSR count). The third-order valence-electron chi connectivity index (χ3n) is 8.16. The van der Waals surface area contributed by atoms with Crippen LogP contribution in [0.3, 0.4) is 0 Å². The summed E-state index contributed by atoms with van der Waals surface area (Å²) in [7, 11) is 0. The summed E-state index contributed by atoms with van der Waals surface area (Å²) >= 11 is 0. The number of hydrogen-bond acceptors (Lipinski definition) is 4. The zero-order valence-corrected chi connectivity index (χ0v) is 21.9. The number of carbonyl (C=O) groups excluding carboxylic acids is 2. The zero-order valence-electron chi connectivity index (χ0n) is 21.9. The first-order valence-corrected chi connectivity index (χ1v) is 13.6. The van der Waals surface area contributed by atoms with Crippen LogP contribution in [0.15, 0.2) is 65.9 Å². The van der Waals surface area contributed by atoms with E-state index < -0.39 is 0 Å². The summed E-state index contributed by atoms with van der Waals surface area (Å²) in [4.78, 5) is 31.3. The lowest BCUT2D eigenvalue weighted by molar-refractivity contribution is -0.131. The molecule has 1 saturated heterocycles. The van der Waals surface area contributed by atoms with E-state index in [-0.39, 0.29) is 23.1 Å². The highest BCUT2D eigenvalue weighted by atomic mass is 16.2. The molecule has 2 heterocycles. The number of fused-ring (bicyclic) bond motifs is 1. The summed E-state index contributed by atoms with van der Waals surface area (Å²) in [6.45, 7) is 8.37. The van der Waals surface area contributed by atoms with Crippen molar-refractivity contribution in [2.75, 3.05) is 29.9 Å². The number of para-hydroxylation sites is 2. The molecule has 0 bridgehead atoms. The average Bonchev–Trinajstić information content (AvgIpc) is 2.98. The monoisotopic (exact) mass is 485 g/mol. The van der Waals surface area contributed by atoms with E-state index in [1.807, 2.05) is 17.0 Å². The maximum atomic E-state index is 13.6. The van der Waals surface area contributed by atoms with E-state index in [1.165, 1.54) is 5.56 Å². The van der Waals surface area contributed by atoms with Gasteiger partial charge in [-0.2, -0.15) is 0 Å². The molecular weight excluding hydrogens is 446 g/mol. The second kappa shape index (κ2) is 10.1. The molecule has 0 saturated carbocycles. The number of amides is 1. The number of benzene rings is 2. The Morgan fingerprint density at radius 3 is 2.42 bits per heavy atom. The minimum atomic E-state index is -0.0979. The van der Waals surface area contributed by atoms with Gasteiger partial charge in [0.1, 0.15) is 0 Å². The number of likely N-dealkylation sites (tertiary alicyclic amines) is 1. The van der Waals surface area contributed by atoms with Crippen molar-refractivity contribution < 1.29 is 9.59 Å². The number of anilines is 2. The molecule has 3 aliphatic rings. The average molecular weight is 486 g/mol. The standard InChI is InChI=1S/C31H39N3O2/c1-4-26-30-25(19-31(2,3)20-28(30)35)32-24-12-8-9-13-27(24)34(26)21-29(36)33-16-14-23(15-17-33)18-22-10-6-5-7-11-22/h5-13,23,26,32H,4,14-21H2,1-3H3/t26-/m1/s1. The third-order valence-corrected chi connectivity index (χ3v) is 8.16. The molecule has 36 heavy (non-hydrogen) atoms. The van der Waals surface area contributed by atoms with Gasteiger partial charge in [0, 0.05) is 30.8 Å². The number of Topliss-reactive ketones (excluding diaryl/α,β-unsaturated/α-hetero) is 1. The van der Waals surface area contributed by atoms with Crippen molar-refractivity contribution in [2.45, 2.75) is 65.3 Å². The van der Waals surface area contributed by atoms with Gasteiger partial charge in [0.2, 0.25) is 5.91 Å². The van der Waals surface area contributed by atoms with E-state index >= 15 is 0 Å². The Bertz CT molecular complexity index is 1150. The number of ketones is 1. The molecule has 0 aromatic heterocycles. The van der Waals surface area contributed by atoms with Crippen molar-refractivity contribution in [3.63, 3.8) is 0 Å². The largest absolute Gasteiger partial charge is 0.357 e. The van der Waals surface area contributed by atoms with E-state index in [4.69, 9.17) is 0 Å². The Labute approximate surface area is 215 Å². The molecule has 5 heteroatoms. The van der Waals surface area contributed by atoms with Crippen LogP contribution in [0.5, 0.6) is 0 Å². The van der Waals surface area contributed by atoms with Gasteiger partial charge >= 0.3 is 0 Å². The minimum Gasteiger partial charge on any atom is -0.357 e. The first-order valence-electron chi connectivity index (χ1n) is 13.6. The van der Waals surface area contributed by atoms with Gasteiger partial charge in [-0.3, -0.25) is 9.59 Å². The molecule has 1 fully saturated rings. The predicted octanol–water partition coefficient (Wildman–Crippen LogP) is 5.82. The van der Waals surface area contributed by atoms with Gasteiger partial charge in [0.25, 0.3) is 0 Å². The smallest absolute Gasteiger partial charge is 0.242 e. The molecule has 2 aromatic carbocycles. The molecule has 1 N–H and O–H groups in total. The highest BCUT2D eigenvalue weighted by Crippen LogP contribution is 2.44.